The Hall–Kier alpha value is -0.870. The summed E-state index contributed by atoms with van der Waals surface area (Å²) in [7, 11) is 2.06. The van der Waals surface area contributed by atoms with Gasteiger partial charge in [0.05, 0.1) is 11.4 Å². The zero-order chi connectivity index (χ0) is 14.0. The molecule has 1 aliphatic heterocycles. The van der Waals surface area contributed by atoms with Gasteiger partial charge in [-0.15, -0.1) is 0 Å². The van der Waals surface area contributed by atoms with Crippen LogP contribution in [0.3, 0.4) is 0 Å². The van der Waals surface area contributed by atoms with Gasteiger partial charge >= 0.3 is 0 Å². The molecule has 0 radical (unpaired) electrons. The molecule has 0 spiro atoms. The summed E-state index contributed by atoms with van der Waals surface area (Å²) >= 11 is 0. The Morgan fingerprint density at radius 2 is 2.21 bits per heavy atom. The van der Waals surface area contributed by atoms with E-state index in [1.807, 2.05) is 4.68 Å². The van der Waals surface area contributed by atoms with Gasteiger partial charge in [-0.05, 0) is 46.2 Å². The largest absolute Gasteiger partial charge is 0.310 e. The number of nitrogens with zero attached hydrogens (tertiary/aromatic N) is 3. The zero-order valence-electron chi connectivity index (χ0n) is 13.0. The minimum Gasteiger partial charge on any atom is -0.310 e. The number of hydrogen-bond acceptors (Lipinski definition) is 3. The summed E-state index contributed by atoms with van der Waals surface area (Å²) < 4.78 is 2.04. The van der Waals surface area contributed by atoms with Gasteiger partial charge in [-0.25, -0.2) is 0 Å². The molecule has 2 heterocycles. The van der Waals surface area contributed by atoms with Gasteiger partial charge in [-0.2, -0.15) is 5.10 Å². The summed E-state index contributed by atoms with van der Waals surface area (Å²) in [5.41, 5.74) is 2.70. The van der Waals surface area contributed by atoms with Crippen LogP contribution in [0, 0.1) is 0 Å². The standard InChI is InChI=1S/C15H28N4/c1-6-13-9-14(18(5)17-13)10-19-11-15(3,4)16-8-7-12(19)2/h9,12,16H,6-8,10-11H2,1-5H3. The van der Waals surface area contributed by atoms with Crippen LogP contribution < -0.4 is 5.32 Å². The smallest absolute Gasteiger partial charge is 0.0625 e. The lowest BCUT2D eigenvalue weighted by molar-refractivity contribution is 0.169. The van der Waals surface area contributed by atoms with E-state index in [0.29, 0.717) is 6.04 Å². The molecule has 19 heavy (non-hydrogen) atoms. The Kier molecular flexibility index (Phi) is 4.31. The number of rotatable bonds is 3. The SMILES string of the molecule is CCc1cc(CN2CC(C)(C)NCCC2C)n(C)n1. The average Bonchev–Trinajstić information content (AvgIpc) is 2.62. The Morgan fingerprint density at radius 3 is 2.84 bits per heavy atom. The van der Waals surface area contributed by atoms with Crippen molar-refractivity contribution in [3.05, 3.63) is 17.5 Å². The third-order valence-corrected chi connectivity index (χ3v) is 4.14. The highest BCUT2D eigenvalue weighted by molar-refractivity contribution is 5.10. The molecule has 1 fully saturated rings. The molecule has 4 heteroatoms. The van der Waals surface area contributed by atoms with Crippen molar-refractivity contribution in [1.82, 2.24) is 20.0 Å². The predicted molar refractivity (Wildman–Crippen MR) is 79.2 cm³/mol. The normalized spacial score (nSPS) is 24.4. The van der Waals surface area contributed by atoms with Crippen molar-refractivity contribution >= 4 is 0 Å². The molecule has 1 N–H and O–H groups in total. The van der Waals surface area contributed by atoms with Crippen LogP contribution in [0.25, 0.3) is 0 Å². The van der Waals surface area contributed by atoms with Crippen LogP contribution in [0.4, 0.5) is 0 Å². The van der Waals surface area contributed by atoms with Crippen LogP contribution in [0.1, 0.15) is 45.5 Å². The first kappa shape index (κ1) is 14.5. The monoisotopic (exact) mass is 264 g/mol. The van der Waals surface area contributed by atoms with E-state index in [1.54, 1.807) is 0 Å². The molecule has 0 aliphatic carbocycles. The molecule has 0 bridgehead atoms. The lowest BCUT2D eigenvalue weighted by Gasteiger charge is -2.32. The molecule has 108 valence electrons. The van der Waals surface area contributed by atoms with E-state index < -0.39 is 0 Å². The third kappa shape index (κ3) is 3.57. The average molecular weight is 264 g/mol. The fourth-order valence-electron chi connectivity index (χ4n) is 2.83. The molecule has 4 nitrogen and oxygen atoms in total. The molecule has 1 aromatic heterocycles. The van der Waals surface area contributed by atoms with Gasteiger partial charge < -0.3 is 5.32 Å². The van der Waals surface area contributed by atoms with Gasteiger partial charge in [-0.3, -0.25) is 9.58 Å². The van der Waals surface area contributed by atoms with Crippen molar-refractivity contribution in [1.29, 1.82) is 0 Å². The van der Waals surface area contributed by atoms with Crippen molar-refractivity contribution in [2.24, 2.45) is 7.05 Å². The van der Waals surface area contributed by atoms with Crippen LogP contribution in [0.5, 0.6) is 0 Å². The molecular weight excluding hydrogens is 236 g/mol. The van der Waals surface area contributed by atoms with Crippen LogP contribution in [-0.2, 0) is 20.0 Å². The Labute approximate surface area is 117 Å². The predicted octanol–water partition coefficient (Wildman–Crippen LogP) is 1.94. The van der Waals surface area contributed by atoms with Gasteiger partial charge in [0.1, 0.15) is 0 Å². The molecule has 0 amide bonds. The maximum atomic E-state index is 4.55. The fraction of sp³-hybridized carbons (Fsp3) is 0.800. The van der Waals surface area contributed by atoms with Crippen LogP contribution in [-0.4, -0.2) is 39.4 Å². The number of aromatic nitrogens is 2. The van der Waals surface area contributed by atoms with E-state index in [0.717, 1.165) is 26.1 Å². The summed E-state index contributed by atoms with van der Waals surface area (Å²) in [5.74, 6) is 0. The van der Waals surface area contributed by atoms with Gasteiger partial charge in [0.25, 0.3) is 0 Å². The molecular formula is C15H28N4. The molecule has 0 saturated carbocycles. The fourth-order valence-corrected chi connectivity index (χ4v) is 2.83. The van der Waals surface area contributed by atoms with E-state index in [4.69, 9.17) is 0 Å². The maximum absolute atomic E-state index is 4.55. The minimum atomic E-state index is 0.191. The summed E-state index contributed by atoms with van der Waals surface area (Å²) in [6, 6.07) is 2.87. The lowest BCUT2D eigenvalue weighted by atomic mass is 10.1. The van der Waals surface area contributed by atoms with Gasteiger partial charge in [0.2, 0.25) is 0 Å². The number of hydrogen-bond donors (Lipinski definition) is 1. The second-order valence-electron chi connectivity index (χ2n) is 6.46. The van der Waals surface area contributed by atoms with Gasteiger partial charge in [-0.1, -0.05) is 6.92 Å². The lowest BCUT2D eigenvalue weighted by Crippen LogP contribution is -2.47. The molecule has 1 aromatic rings. The van der Waals surface area contributed by atoms with Crippen molar-refractivity contribution < 1.29 is 0 Å². The number of nitrogens with one attached hydrogen (secondary N) is 1. The van der Waals surface area contributed by atoms with E-state index in [-0.39, 0.29) is 5.54 Å². The summed E-state index contributed by atoms with van der Waals surface area (Å²) in [6.45, 7) is 12.3. The first-order valence-electron chi connectivity index (χ1n) is 7.42. The van der Waals surface area contributed by atoms with E-state index >= 15 is 0 Å². The van der Waals surface area contributed by atoms with Crippen molar-refractivity contribution in [3.8, 4) is 0 Å². The van der Waals surface area contributed by atoms with Crippen LogP contribution >= 0.6 is 0 Å². The second kappa shape index (κ2) is 5.63. The van der Waals surface area contributed by atoms with Crippen LogP contribution in [0.2, 0.25) is 0 Å². The van der Waals surface area contributed by atoms with Crippen molar-refractivity contribution in [2.75, 3.05) is 13.1 Å². The maximum Gasteiger partial charge on any atom is 0.0625 e. The summed E-state index contributed by atoms with van der Waals surface area (Å²) in [5, 5.41) is 8.19. The number of aryl methyl sites for hydroxylation is 2. The first-order valence-corrected chi connectivity index (χ1v) is 7.42. The highest BCUT2D eigenvalue weighted by atomic mass is 15.3. The van der Waals surface area contributed by atoms with E-state index in [2.05, 4.69) is 56.1 Å². The Balaban J connectivity index is 2.12. The molecule has 1 atom stereocenters. The zero-order valence-corrected chi connectivity index (χ0v) is 13.0. The van der Waals surface area contributed by atoms with Gasteiger partial charge in [0, 0.05) is 31.7 Å². The summed E-state index contributed by atoms with van der Waals surface area (Å²) in [6.07, 6.45) is 2.22. The summed E-state index contributed by atoms with van der Waals surface area (Å²) in [4.78, 5) is 2.58. The highest BCUT2D eigenvalue weighted by Gasteiger charge is 2.28. The van der Waals surface area contributed by atoms with E-state index in [1.165, 1.54) is 17.8 Å². The minimum absolute atomic E-state index is 0.191. The van der Waals surface area contributed by atoms with Crippen molar-refractivity contribution in [2.45, 2.75) is 58.7 Å². The van der Waals surface area contributed by atoms with Crippen LogP contribution in [0.15, 0.2) is 6.07 Å². The molecule has 1 unspecified atom stereocenters. The quantitative estimate of drug-likeness (QED) is 0.906. The second-order valence-corrected chi connectivity index (χ2v) is 6.46. The molecule has 2 rings (SSSR count). The van der Waals surface area contributed by atoms with Gasteiger partial charge in [0.15, 0.2) is 0 Å². The Morgan fingerprint density at radius 1 is 1.47 bits per heavy atom. The molecule has 0 aromatic carbocycles. The topological polar surface area (TPSA) is 33.1 Å². The molecule has 1 aliphatic rings. The highest BCUT2D eigenvalue weighted by Crippen LogP contribution is 2.18. The van der Waals surface area contributed by atoms with Crippen molar-refractivity contribution in [3.63, 3.8) is 0 Å². The first-order chi connectivity index (χ1) is 8.91. The molecule has 1 saturated heterocycles. The third-order valence-electron chi connectivity index (χ3n) is 4.14. The Bertz CT molecular complexity index is 422. The van der Waals surface area contributed by atoms with E-state index in [9.17, 15) is 0 Å².